The molecule has 6 heteroatoms. The van der Waals surface area contributed by atoms with Gasteiger partial charge in [0.25, 0.3) is 0 Å². The first-order valence-electron chi connectivity index (χ1n) is 5.24. The fourth-order valence-electron chi connectivity index (χ4n) is 1.02. The minimum absolute atomic E-state index is 0.0217. The monoisotopic (exact) mass is 237 g/mol. The predicted molar refractivity (Wildman–Crippen MR) is 61.7 cm³/mol. The number of nitrogens with zero attached hydrogens (tertiary/aromatic N) is 2. The molecular formula is C11H15N3O3. The quantitative estimate of drug-likeness (QED) is 0.828. The number of anilines is 1. The third kappa shape index (κ3) is 2.99. The predicted octanol–water partition coefficient (Wildman–Crippen LogP) is 1.55. The van der Waals surface area contributed by atoms with E-state index in [1.807, 2.05) is 6.92 Å². The Hall–Kier alpha value is -1.98. The number of aromatic nitrogens is 2. The molecule has 17 heavy (non-hydrogen) atoms. The Morgan fingerprint density at radius 2 is 1.94 bits per heavy atom. The summed E-state index contributed by atoms with van der Waals surface area (Å²) >= 11 is 0. The number of carboxylic acids is 1. The lowest BCUT2D eigenvalue weighted by atomic mass is 9.89. The van der Waals surface area contributed by atoms with Crippen molar-refractivity contribution in [3.05, 3.63) is 18.1 Å². The second-order valence-electron chi connectivity index (χ2n) is 4.25. The summed E-state index contributed by atoms with van der Waals surface area (Å²) in [6.07, 6.45) is 3.24. The molecule has 0 bridgehead atoms. The zero-order valence-electron chi connectivity index (χ0n) is 10.0. The molecule has 1 amide bonds. The Kier molecular flexibility index (Phi) is 3.77. The first-order valence-corrected chi connectivity index (χ1v) is 5.24. The molecule has 0 atom stereocenters. The van der Waals surface area contributed by atoms with Crippen molar-refractivity contribution < 1.29 is 14.7 Å². The minimum atomic E-state index is -1.22. The Morgan fingerprint density at radius 1 is 1.35 bits per heavy atom. The summed E-state index contributed by atoms with van der Waals surface area (Å²) in [6.45, 7) is 5.44. The Balaban J connectivity index is 2.97. The molecule has 1 heterocycles. The van der Waals surface area contributed by atoms with Crippen molar-refractivity contribution in [3.63, 3.8) is 0 Å². The van der Waals surface area contributed by atoms with Gasteiger partial charge in [0, 0.05) is 17.8 Å². The van der Waals surface area contributed by atoms with E-state index in [0.717, 1.165) is 0 Å². The van der Waals surface area contributed by atoms with Crippen LogP contribution in [-0.2, 0) is 4.79 Å². The van der Waals surface area contributed by atoms with E-state index < -0.39 is 11.4 Å². The molecular weight excluding hydrogens is 222 g/mol. The summed E-state index contributed by atoms with van der Waals surface area (Å²) in [7, 11) is 0. The van der Waals surface area contributed by atoms with Crippen molar-refractivity contribution in [3.8, 4) is 0 Å². The van der Waals surface area contributed by atoms with Crippen LogP contribution in [0.4, 0.5) is 5.82 Å². The van der Waals surface area contributed by atoms with Gasteiger partial charge in [0.1, 0.15) is 0 Å². The summed E-state index contributed by atoms with van der Waals surface area (Å²) in [6, 6.07) is 0. The molecule has 0 aliphatic carbocycles. The smallest absolute Gasteiger partial charge is 0.358 e. The number of nitrogens with one attached hydrogen (secondary N) is 1. The summed E-state index contributed by atoms with van der Waals surface area (Å²) in [5, 5.41) is 11.4. The molecule has 0 radical (unpaired) electrons. The van der Waals surface area contributed by atoms with Gasteiger partial charge in [-0.2, -0.15) is 0 Å². The molecule has 6 nitrogen and oxygen atoms in total. The van der Waals surface area contributed by atoms with Gasteiger partial charge in [0.15, 0.2) is 11.5 Å². The number of carbonyl (C=O) groups excluding carboxylic acids is 1. The molecule has 1 rings (SSSR count). The number of hydrogen-bond donors (Lipinski definition) is 2. The molecule has 1 aromatic rings. The van der Waals surface area contributed by atoms with E-state index in [1.165, 1.54) is 12.4 Å². The van der Waals surface area contributed by atoms with Gasteiger partial charge >= 0.3 is 5.97 Å². The fraction of sp³-hybridized carbons (Fsp3) is 0.455. The van der Waals surface area contributed by atoms with Crippen LogP contribution in [0.3, 0.4) is 0 Å². The molecule has 0 aromatic carbocycles. The Bertz CT molecular complexity index is 443. The normalized spacial score (nSPS) is 11.0. The maximum Gasteiger partial charge on any atom is 0.358 e. The van der Waals surface area contributed by atoms with Crippen LogP contribution in [0, 0.1) is 5.41 Å². The van der Waals surface area contributed by atoms with Gasteiger partial charge in [0.2, 0.25) is 5.91 Å². The number of carboxylic acid groups (broad SMARTS) is 1. The summed E-state index contributed by atoms with van der Waals surface area (Å²) in [4.78, 5) is 30.2. The van der Waals surface area contributed by atoms with Crippen LogP contribution in [0.5, 0.6) is 0 Å². The minimum Gasteiger partial charge on any atom is -0.476 e. The number of carbonyl (C=O) groups is 2. The standard InChI is InChI=1S/C11H15N3O3/c1-4-11(2,3)10(17)14-8-7(9(15)16)12-5-6-13-8/h5-6H,4H2,1-3H3,(H,15,16)(H,13,14,17). The van der Waals surface area contributed by atoms with Crippen LogP contribution in [0.1, 0.15) is 37.7 Å². The van der Waals surface area contributed by atoms with Gasteiger partial charge in [-0.25, -0.2) is 14.8 Å². The molecule has 0 unspecified atom stereocenters. The van der Waals surface area contributed by atoms with E-state index >= 15 is 0 Å². The zero-order valence-corrected chi connectivity index (χ0v) is 10.0. The highest BCUT2D eigenvalue weighted by Gasteiger charge is 2.27. The summed E-state index contributed by atoms with van der Waals surface area (Å²) < 4.78 is 0. The molecule has 0 saturated carbocycles. The van der Waals surface area contributed by atoms with E-state index in [2.05, 4.69) is 15.3 Å². The van der Waals surface area contributed by atoms with Gasteiger partial charge in [-0.05, 0) is 6.42 Å². The van der Waals surface area contributed by atoms with E-state index in [-0.39, 0.29) is 17.4 Å². The molecule has 0 aliphatic rings. The lowest BCUT2D eigenvalue weighted by molar-refractivity contribution is -0.124. The van der Waals surface area contributed by atoms with Crippen molar-refractivity contribution in [1.82, 2.24) is 9.97 Å². The summed E-state index contributed by atoms with van der Waals surface area (Å²) in [5.74, 6) is -1.52. The van der Waals surface area contributed by atoms with Gasteiger partial charge in [-0.3, -0.25) is 4.79 Å². The Morgan fingerprint density at radius 3 is 2.47 bits per heavy atom. The molecule has 2 N–H and O–H groups in total. The number of aromatic carboxylic acids is 1. The van der Waals surface area contributed by atoms with Crippen molar-refractivity contribution in [2.75, 3.05) is 5.32 Å². The van der Waals surface area contributed by atoms with Gasteiger partial charge in [-0.15, -0.1) is 0 Å². The highest BCUT2D eigenvalue weighted by atomic mass is 16.4. The average Bonchev–Trinajstić information content (AvgIpc) is 2.29. The molecule has 0 fully saturated rings. The summed E-state index contributed by atoms with van der Waals surface area (Å²) in [5.41, 5.74) is -0.833. The third-order valence-electron chi connectivity index (χ3n) is 2.63. The van der Waals surface area contributed by atoms with Crippen LogP contribution in [0.25, 0.3) is 0 Å². The van der Waals surface area contributed by atoms with Crippen LogP contribution in [0.2, 0.25) is 0 Å². The topological polar surface area (TPSA) is 92.2 Å². The lowest BCUT2D eigenvalue weighted by Crippen LogP contribution is -2.31. The Labute approximate surface area is 99.1 Å². The van der Waals surface area contributed by atoms with Crippen molar-refractivity contribution in [1.29, 1.82) is 0 Å². The first kappa shape index (κ1) is 13.1. The molecule has 92 valence electrons. The highest BCUT2D eigenvalue weighted by Crippen LogP contribution is 2.22. The van der Waals surface area contributed by atoms with Gasteiger partial charge in [0.05, 0.1) is 0 Å². The highest BCUT2D eigenvalue weighted by molar-refractivity contribution is 5.99. The zero-order chi connectivity index (χ0) is 13.1. The third-order valence-corrected chi connectivity index (χ3v) is 2.63. The van der Waals surface area contributed by atoms with E-state index in [4.69, 9.17) is 5.11 Å². The molecule has 0 saturated heterocycles. The number of rotatable bonds is 4. The SMILES string of the molecule is CCC(C)(C)C(=O)Nc1nccnc1C(=O)O. The van der Waals surface area contributed by atoms with Crippen molar-refractivity contribution in [2.24, 2.45) is 5.41 Å². The molecule has 0 aliphatic heterocycles. The number of amides is 1. The second-order valence-corrected chi connectivity index (χ2v) is 4.25. The first-order chi connectivity index (χ1) is 7.88. The van der Waals surface area contributed by atoms with E-state index in [0.29, 0.717) is 6.42 Å². The van der Waals surface area contributed by atoms with Gasteiger partial charge < -0.3 is 10.4 Å². The molecule has 0 spiro atoms. The van der Waals surface area contributed by atoms with Gasteiger partial charge in [-0.1, -0.05) is 20.8 Å². The average molecular weight is 237 g/mol. The van der Waals surface area contributed by atoms with E-state index in [1.54, 1.807) is 13.8 Å². The maximum atomic E-state index is 11.9. The maximum absolute atomic E-state index is 11.9. The van der Waals surface area contributed by atoms with E-state index in [9.17, 15) is 9.59 Å². The second kappa shape index (κ2) is 4.90. The van der Waals surface area contributed by atoms with Crippen LogP contribution in [0.15, 0.2) is 12.4 Å². The van der Waals surface area contributed by atoms with Crippen LogP contribution in [-0.4, -0.2) is 27.0 Å². The lowest BCUT2D eigenvalue weighted by Gasteiger charge is -2.21. The largest absolute Gasteiger partial charge is 0.476 e. The van der Waals surface area contributed by atoms with Crippen molar-refractivity contribution in [2.45, 2.75) is 27.2 Å². The van der Waals surface area contributed by atoms with Crippen molar-refractivity contribution >= 4 is 17.7 Å². The van der Waals surface area contributed by atoms with Crippen LogP contribution >= 0.6 is 0 Å². The number of hydrogen-bond acceptors (Lipinski definition) is 4. The fourth-order valence-corrected chi connectivity index (χ4v) is 1.02. The molecule has 1 aromatic heterocycles. The van der Waals surface area contributed by atoms with Crippen LogP contribution < -0.4 is 5.32 Å².